The third-order valence-electron chi connectivity index (χ3n) is 2.59. The minimum Gasteiger partial charge on any atom is -0.381 e. The molecule has 0 N–H and O–H groups in total. The number of ether oxygens (including phenoxy) is 1. The lowest BCUT2D eigenvalue weighted by Gasteiger charge is -2.07. The van der Waals surface area contributed by atoms with Crippen LogP contribution in [0.1, 0.15) is 6.42 Å². The second kappa shape index (κ2) is 5.84. The van der Waals surface area contributed by atoms with Crippen molar-refractivity contribution in [3.05, 3.63) is 28.7 Å². The molecule has 0 bridgehead atoms. The predicted molar refractivity (Wildman–Crippen MR) is 68.8 cm³/mol. The molecule has 1 aliphatic rings. The van der Waals surface area contributed by atoms with Crippen LogP contribution < -0.4 is 0 Å². The fourth-order valence-corrected chi connectivity index (χ4v) is 3.16. The molecule has 0 aliphatic carbocycles. The Morgan fingerprint density at radius 1 is 1.50 bits per heavy atom. The summed E-state index contributed by atoms with van der Waals surface area (Å²) in [4.78, 5) is 12.9. The Morgan fingerprint density at radius 3 is 3.00 bits per heavy atom. The number of carbonyl (C=O) groups excluding carboxylic acids is 1. The minimum absolute atomic E-state index is 0.120. The SMILES string of the molecule is O=C(CSc1ccccc1Br)C1CCOC1. The molecule has 1 aromatic carbocycles. The highest BCUT2D eigenvalue weighted by molar-refractivity contribution is 9.10. The van der Waals surface area contributed by atoms with Crippen molar-refractivity contribution in [3.8, 4) is 0 Å². The van der Waals surface area contributed by atoms with Crippen molar-refractivity contribution in [2.24, 2.45) is 5.92 Å². The summed E-state index contributed by atoms with van der Waals surface area (Å²) in [6.45, 7) is 1.34. The smallest absolute Gasteiger partial charge is 0.148 e. The maximum absolute atomic E-state index is 11.8. The number of benzene rings is 1. The summed E-state index contributed by atoms with van der Waals surface area (Å²) in [5, 5.41) is 0. The zero-order valence-corrected chi connectivity index (χ0v) is 11.2. The van der Waals surface area contributed by atoms with Crippen LogP contribution in [-0.4, -0.2) is 24.7 Å². The molecule has 0 radical (unpaired) electrons. The van der Waals surface area contributed by atoms with E-state index in [0.29, 0.717) is 18.1 Å². The molecule has 0 aromatic heterocycles. The van der Waals surface area contributed by atoms with Gasteiger partial charge < -0.3 is 4.74 Å². The molecule has 1 aliphatic heterocycles. The number of hydrogen-bond donors (Lipinski definition) is 0. The van der Waals surface area contributed by atoms with Gasteiger partial charge in [-0.2, -0.15) is 0 Å². The van der Waals surface area contributed by atoms with E-state index < -0.39 is 0 Å². The van der Waals surface area contributed by atoms with E-state index in [1.165, 1.54) is 0 Å². The number of thioether (sulfide) groups is 1. The van der Waals surface area contributed by atoms with Gasteiger partial charge in [-0.3, -0.25) is 4.79 Å². The molecular weight excluding hydrogens is 288 g/mol. The highest BCUT2D eigenvalue weighted by Crippen LogP contribution is 2.28. The number of Topliss-reactive ketones (excluding diaryl/α,β-unsaturated/α-hetero) is 1. The molecule has 2 nitrogen and oxygen atoms in total. The summed E-state index contributed by atoms with van der Waals surface area (Å²) in [7, 11) is 0. The van der Waals surface area contributed by atoms with Gasteiger partial charge in [0.1, 0.15) is 5.78 Å². The van der Waals surface area contributed by atoms with Gasteiger partial charge in [0.05, 0.1) is 12.4 Å². The topological polar surface area (TPSA) is 26.3 Å². The average molecular weight is 301 g/mol. The van der Waals surface area contributed by atoms with Crippen LogP contribution in [0.3, 0.4) is 0 Å². The number of halogens is 1. The average Bonchev–Trinajstić information content (AvgIpc) is 2.81. The van der Waals surface area contributed by atoms with Crippen LogP contribution in [0.2, 0.25) is 0 Å². The fraction of sp³-hybridized carbons (Fsp3) is 0.417. The highest BCUT2D eigenvalue weighted by atomic mass is 79.9. The summed E-state index contributed by atoms with van der Waals surface area (Å²) in [5.74, 6) is 0.963. The summed E-state index contributed by atoms with van der Waals surface area (Å²) >= 11 is 5.06. The van der Waals surface area contributed by atoms with Gasteiger partial charge in [-0.1, -0.05) is 12.1 Å². The van der Waals surface area contributed by atoms with Crippen LogP contribution in [0.25, 0.3) is 0 Å². The van der Waals surface area contributed by atoms with Gasteiger partial charge in [0, 0.05) is 21.9 Å². The molecule has 1 unspecified atom stereocenters. The van der Waals surface area contributed by atoms with Crippen LogP contribution >= 0.6 is 27.7 Å². The van der Waals surface area contributed by atoms with E-state index in [0.717, 1.165) is 22.4 Å². The normalized spacial score (nSPS) is 19.9. The van der Waals surface area contributed by atoms with Gasteiger partial charge in [-0.15, -0.1) is 11.8 Å². The standard InChI is InChI=1S/C12H13BrO2S/c13-10-3-1-2-4-12(10)16-8-11(14)9-5-6-15-7-9/h1-4,9H,5-8H2. The van der Waals surface area contributed by atoms with Crippen molar-refractivity contribution >= 4 is 33.5 Å². The zero-order chi connectivity index (χ0) is 11.4. The first-order valence-corrected chi connectivity index (χ1v) is 7.03. The first kappa shape index (κ1) is 12.1. The summed E-state index contributed by atoms with van der Waals surface area (Å²) < 4.78 is 6.27. The Hall–Kier alpha value is -0.320. The maximum atomic E-state index is 11.8. The molecule has 86 valence electrons. The Bertz CT molecular complexity index is 375. The number of ketones is 1. The molecule has 0 saturated carbocycles. The van der Waals surface area contributed by atoms with Gasteiger partial charge in [-0.25, -0.2) is 0 Å². The first-order valence-electron chi connectivity index (χ1n) is 5.25. The van der Waals surface area contributed by atoms with Crippen LogP contribution in [-0.2, 0) is 9.53 Å². The Balaban J connectivity index is 1.87. The fourth-order valence-electron chi connectivity index (χ4n) is 1.62. The molecule has 16 heavy (non-hydrogen) atoms. The molecule has 1 heterocycles. The third kappa shape index (κ3) is 3.09. The van der Waals surface area contributed by atoms with Gasteiger partial charge in [-0.05, 0) is 34.5 Å². The second-order valence-electron chi connectivity index (χ2n) is 3.75. The van der Waals surface area contributed by atoms with E-state index in [1.54, 1.807) is 11.8 Å². The van der Waals surface area contributed by atoms with E-state index in [1.807, 2.05) is 24.3 Å². The van der Waals surface area contributed by atoms with Gasteiger partial charge in [0.25, 0.3) is 0 Å². The van der Waals surface area contributed by atoms with Crippen molar-refractivity contribution in [2.45, 2.75) is 11.3 Å². The van der Waals surface area contributed by atoms with E-state index in [2.05, 4.69) is 15.9 Å². The molecule has 1 saturated heterocycles. The van der Waals surface area contributed by atoms with Crippen LogP contribution in [0, 0.1) is 5.92 Å². The largest absolute Gasteiger partial charge is 0.381 e. The van der Waals surface area contributed by atoms with Gasteiger partial charge in [0.2, 0.25) is 0 Å². The van der Waals surface area contributed by atoms with E-state index in [4.69, 9.17) is 4.74 Å². The third-order valence-corrected chi connectivity index (χ3v) is 4.64. The lowest BCUT2D eigenvalue weighted by molar-refractivity contribution is -0.120. The molecular formula is C12H13BrO2S. The monoisotopic (exact) mass is 300 g/mol. The van der Waals surface area contributed by atoms with E-state index >= 15 is 0 Å². The van der Waals surface area contributed by atoms with E-state index in [9.17, 15) is 4.79 Å². The molecule has 0 amide bonds. The zero-order valence-electron chi connectivity index (χ0n) is 8.82. The first-order chi connectivity index (χ1) is 7.77. The van der Waals surface area contributed by atoms with Crippen molar-refractivity contribution in [2.75, 3.05) is 19.0 Å². The minimum atomic E-state index is 0.120. The van der Waals surface area contributed by atoms with E-state index in [-0.39, 0.29) is 5.92 Å². The summed E-state index contributed by atoms with van der Waals surface area (Å²) in [5.41, 5.74) is 0. The van der Waals surface area contributed by atoms with Gasteiger partial charge in [0.15, 0.2) is 0 Å². The number of rotatable bonds is 4. The Morgan fingerprint density at radius 2 is 2.31 bits per heavy atom. The lowest BCUT2D eigenvalue weighted by Crippen LogP contribution is -2.16. The molecule has 1 fully saturated rings. The molecule has 0 spiro atoms. The van der Waals surface area contributed by atoms with Crippen LogP contribution in [0.5, 0.6) is 0 Å². The van der Waals surface area contributed by atoms with Gasteiger partial charge >= 0.3 is 0 Å². The Kier molecular flexibility index (Phi) is 4.44. The van der Waals surface area contributed by atoms with Crippen LogP contribution in [0.4, 0.5) is 0 Å². The molecule has 2 rings (SSSR count). The Labute approximate surface area is 108 Å². The summed E-state index contributed by atoms with van der Waals surface area (Å²) in [6.07, 6.45) is 0.884. The maximum Gasteiger partial charge on any atom is 0.148 e. The van der Waals surface area contributed by atoms with Crippen molar-refractivity contribution in [1.82, 2.24) is 0 Å². The second-order valence-corrected chi connectivity index (χ2v) is 5.62. The van der Waals surface area contributed by atoms with Crippen molar-refractivity contribution < 1.29 is 9.53 Å². The summed E-state index contributed by atoms with van der Waals surface area (Å²) in [6, 6.07) is 7.97. The highest BCUT2D eigenvalue weighted by Gasteiger charge is 2.23. The molecule has 1 atom stereocenters. The number of hydrogen-bond acceptors (Lipinski definition) is 3. The molecule has 4 heteroatoms. The van der Waals surface area contributed by atoms with Crippen molar-refractivity contribution in [3.63, 3.8) is 0 Å². The molecule has 1 aromatic rings. The van der Waals surface area contributed by atoms with Crippen LogP contribution in [0.15, 0.2) is 33.6 Å². The quantitative estimate of drug-likeness (QED) is 0.799. The lowest BCUT2D eigenvalue weighted by atomic mass is 10.1. The number of carbonyl (C=O) groups is 1. The predicted octanol–water partition coefficient (Wildman–Crippen LogP) is 3.15. The van der Waals surface area contributed by atoms with Crippen molar-refractivity contribution in [1.29, 1.82) is 0 Å².